The zero-order chi connectivity index (χ0) is 10.9. The van der Waals surface area contributed by atoms with E-state index in [0.29, 0.717) is 18.8 Å². The Balaban J connectivity index is 1.82. The smallest absolute Gasteiger partial charge is 0.239 e. The highest BCUT2D eigenvalue weighted by Crippen LogP contribution is 2.25. The predicted molar refractivity (Wildman–Crippen MR) is 57.3 cm³/mol. The molecular weight excluding hydrogens is 192 g/mol. The maximum absolute atomic E-state index is 11.4. The lowest BCUT2D eigenvalue weighted by atomic mass is 9.95. The van der Waals surface area contributed by atoms with Crippen molar-refractivity contribution in [2.24, 2.45) is 5.73 Å². The number of hydrogen-bond acceptors (Lipinski definition) is 3. The third-order valence-electron chi connectivity index (χ3n) is 3.30. The van der Waals surface area contributed by atoms with Gasteiger partial charge in [0.1, 0.15) is 5.54 Å². The molecule has 0 aromatic carbocycles. The van der Waals surface area contributed by atoms with Crippen LogP contribution in [0.5, 0.6) is 0 Å². The van der Waals surface area contributed by atoms with Crippen LogP contribution in [-0.4, -0.2) is 30.2 Å². The number of amides is 1. The van der Waals surface area contributed by atoms with Crippen LogP contribution in [0.1, 0.15) is 39.0 Å². The molecule has 0 heterocycles. The standard InChI is InChI=1S/C11H20N2O2/c1-11(10(12)14,13-8-5-6-8)7-15-9-3-2-4-9/h8-9,13H,2-7H2,1H3,(H2,12,14). The van der Waals surface area contributed by atoms with Gasteiger partial charge in [-0.15, -0.1) is 0 Å². The van der Waals surface area contributed by atoms with Crippen LogP contribution in [-0.2, 0) is 9.53 Å². The van der Waals surface area contributed by atoms with Gasteiger partial charge in [-0.05, 0) is 39.0 Å². The van der Waals surface area contributed by atoms with Crippen molar-refractivity contribution in [3.63, 3.8) is 0 Å². The van der Waals surface area contributed by atoms with Gasteiger partial charge in [0.25, 0.3) is 0 Å². The molecule has 2 fully saturated rings. The lowest BCUT2D eigenvalue weighted by Crippen LogP contribution is -2.57. The molecule has 1 amide bonds. The van der Waals surface area contributed by atoms with Crippen LogP contribution in [0, 0.1) is 0 Å². The minimum absolute atomic E-state index is 0.311. The van der Waals surface area contributed by atoms with E-state index in [0.717, 1.165) is 25.7 Å². The highest BCUT2D eigenvalue weighted by Gasteiger charge is 2.38. The second-order valence-corrected chi connectivity index (χ2v) is 4.98. The number of nitrogens with one attached hydrogen (secondary N) is 1. The molecule has 2 rings (SSSR count). The normalized spacial score (nSPS) is 25.7. The van der Waals surface area contributed by atoms with Crippen molar-refractivity contribution in [2.75, 3.05) is 6.61 Å². The average molecular weight is 212 g/mol. The van der Waals surface area contributed by atoms with Crippen molar-refractivity contribution < 1.29 is 9.53 Å². The van der Waals surface area contributed by atoms with Crippen LogP contribution >= 0.6 is 0 Å². The Kier molecular flexibility index (Phi) is 2.98. The van der Waals surface area contributed by atoms with Crippen LogP contribution < -0.4 is 11.1 Å². The molecular formula is C11H20N2O2. The van der Waals surface area contributed by atoms with E-state index in [1.54, 1.807) is 0 Å². The second kappa shape index (κ2) is 4.10. The van der Waals surface area contributed by atoms with E-state index in [4.69, 9.17) is 10.5 Å². The van der Waals surface area contributed by atoms with Crippen molar-refractivity contribution in [3.05, 3.63) is 0 Å². The summed E-state index contributed by atoms with van der Waals surface area (Å²) >= 11 is 0. The summed E-state index contributed by atoms with van der Waals surface area (Å²) in [4.78, 5) is 11.4. The summed E-state index contributed by atoms with van der Waals surface area (Å²) in [6, 6.07) is 0.465. The van der Waals surface area contributed by atoms with E-state index < -0.39 is 5.54 Å². The van der Waals surface area contributed by atoms with Crippen LogP contribution in [0.4, 0.5) is 0 Å². The Morgan fingerprint density at radius 1 is 1.47 bits per heavy atom. The average Bonchev–Trinajstić information content (AvgIpc) is 2.85. The van der Waals surface area contributed by atoms with Crippen molar-refractivity contribution >= 4 is 5.91 Å². The summed E-state index contributed by atoms with van der Waals surface area (Å²) in [5.74, 6) is -0.311. The Morgan fingerprint density at radius 3 is 2.53 bits per heavy atom. The Hall–Kier alpha value is -0.610. The fourth-order valence-electron chi connectivity index (χ4n) is 1.68. The van der Waals surface area contributed by atoms with E-state index in [-0.39, 0.29) is 5.91 Å². The van der Waals surface area contributed by atoms with Gasteiger partial charge < -0.3 is 10.5 Å². The summed E-state index contributed by atoms with van der Waals surface area (Å²) in [6.07, 6.45) is 6.13. The van der Waals surface area contributed by atoms with Gasteiger partial charge in [0.05, 0.1) is 12.7 Å². The molecule has 2 saturated carbocycles. The molecule has 0 aliphatic heterocycles. The van der Waals surface area contributed by atoms with Crippen molar-refractivity contribution in [1.82, 2.24) is 5.32 Å². The largest absolute Gasteiger partial charge is 0.376 e. The van der Waals surface area contributed by atoms with Crippen LogP contribution in [0.2, 0.25) is 0 Å². The lowest BCUT2D eigenvalue weighted by molar-refractivity contribution is -0.128. The highest BCUT2D eigenvalue weighted by atomic mass is 16.5. The van der Waals surface area contributed by atoms with Crippen molar-refractivity contribution in [1.29, 1.82) is 0 Å². The minimum atomic E-state index is -0.684. The molecule has 4 nitrogen and oxygen atoms in total. The molecule has 1 unspecified atom stereocenters. The van der Waals surface area contributed by atoms with Gasteiger partial charge in [0.15, 0.2) is 0 Å². The SMILES string of the molecule is CC(COC1CCC1)(NC1CC1)C(N)=O. The van der Waals surface area contributed by atoms with Gasteiger partial charge in [0.2, 0.25) is 5.91 Å². The fourth-order valence-corrected chi connectivity index (χ4v) is 1.68. The summed E-state index contributed by atoms with van der Waals surface area (Å²) < 4.78 is 5.67. The molecule has 0 radical (unpaired) electrons. The maximum atomic E-state index is 11.4. The van der Waals surface area contributed by atoms with Crippen LogP contribution in [0.15, 0.2) is 0 Å². The lowest BCUT2D eigenvalue weighted by Gasteiger charge is -2.32. The number of ether oxygens (including phenoxy) is 1. The molecule has 4 heteroatoms. The van der Waals surface area contributed by atoms with Gasteiger partial charge in [-0.1, -0.05) is 0 Å². The number of carbonyl (C=O) groups excluding carboxylic acids is 1. The Bertz CT molecular complexity index is 249. The molecule has 15 heavy (non-hydrogen) atoms. The monoisotopic (exact) mass is 212 g/mol. The van der Waals surface area contributed by atoms with Gasteiger partial charge in [-0.3, -0.25) is 10.1 Å². The molecule has 0 aromatic rings. The first-order chi connectivity index (χ1) is 7.10. The van der Waals surface area contributed by atoms with E-state index in [2.05, 4.69) is 5.32 Å². The number of primary amides is 1. The van der Waals surface area contributed by atoms with Gasteiger partial charge in [-0.25, -0.2) is 0 Å². The first kappa shape index (κ1) is 10.9. The Morgan fingerprint density at radius 2 is 2.13 bits per heavy atom. The third kappa shape index (κ3) is 2.69. The number of rotatable bonds is 6. The van der Waals surface area contributed by atoms with Gasteiger partial charge in [0, 0.05) is 6.04 Å². The zero-order valence-corrected chi connectivity index (χ0v) is 9.29. The zero-order valence-electron chi connectivity index (χ0n) is 9.29. The molecule has 1 atom stereocenters. The van der Waals surface area contributed by atoms with Gasteiger partial charge >= 0.3 is 0 Å². The molecule has 2 aliphatic rings. The first-order valence-electron chi connectivity index (χ1n) is 5.79. The van der Waals surface area contributed by atoms with E-state index in [1.165, 1.54) is 6.42 Å². The molecule has 0 aromatic heterocycles. The number of nitrogens with two attached hydrogens (primary N) is 1. The molecule has 0 bridgehead atoms. The van der Waals surface area contributed by atoms with Crippen LogP contribution in [0.25, 0.3) is 0 Å². The van der Waals surface area contributed by atoms with Crippen molar-refractivity contribution in [2.45, 2.75) is 56.7 Å². The molecule has 0 spiro atoms. The summed E-state index contributed by atoms with van der Waals surface area (Å²) in [7, 11) is 0. The summed E-state index contributed by atoms with van der Waals surface area (Å²) in [5.41, 5.74) is 4.73. The van der Waals surface area contributed by atoms with Crippen LogP contribution in [0.3, 0.4) is 0 Å². The second-order valence-electron chi connectivity index (χ2n) is 4.98. The fraction of sp³-hybridized carbons (Fsp3) is 0.909. The van der Waals surface area contributed by atoms with E-state index in [1.807, 2.05) is 6.92 Å². The topological polar surface area (TPSA) is 64.3 Å². The molecule has 0 saturated heterocycles. The maximum Gasteiger partial charge on any atom is 0.239 e. The first-order valence-corrected chi connectivity index (χ1v) is 5.79. The third-order valence-corrected chi connectivity index (χ3v) is 3.30. The molecule has 3 N–H and O–H groups in total. The summed E-state index contributed by atoms with van der Waals surface area (Å²) in [6.45, 7) is 2.25. The summed E-state index contributed by atoms with van der Waals surface area (Å²) in [5, 5.41) is 3.27. The van der Waals surface area contributed by atoms with E-state index >= 15 is 0 Å². The van der Waals surface area contributed by atoms with Crippen molar-refractivity contribution in [3.8, 4) is 0 Å². The molecule has 2 aliphatic carbocycles. The van der Waals surface area contributed by atoms with E-state index in [9.17, 15) is 4.79 Å². The Labute approximate surface area is 90.5 Å². The predicted octanol–water partition coefficient (Wildman–Crippen LogP) is 0.552. The van der Waals surface area contributed by atoms with Gasteiger partial charge in [-0.2, -0.15) is 0 Å². The minimum Gasteiger partial charge on any atom is -0.376 e. The number of hydrogen-bond donors (Lipinski definition) is 2. The molecule has 86 valence electrons. The quantitative estimate of drug-likeness (QED) is 0.676. The highest BCUT2D eigenvalue weighted by molar-refractivity contribution is 5.84. The number of carbonyl (C=O) groups is 1.